The molecule has 0 unspecified atom stereocenters. The number of nitrogens with zero attached hydrogens (tertiary/aromatic N) is 5. The van der Waals surface area contributed by atoms with Gasteiger partial charge in [0.25, 0.3) is 5.91 Å². The maximum Gasteiger partial charge on any atom is 0.251 e. The Kier molecular flexibility index (Phi) is 6.19. The summed E-state index contributed by atoms with van der Waals surface area (Å²) in [6, 6.07) is 15.7. The Morgan fingerprint density at radius 3 is 2.79 bits per heavy atom. The lowest BCUT2D eigenvalue weighted by Crippen LogP contribution is -2.27. The van der Waals surface area contributed by atoms with Crippen LogP contribution in [-0.2, 0) is 6.42 Å². The van der Waals surface area contributed by atoms with E-state index in [1.54, 1.807) is 12.4 Å². The molecule has 1 aliphatic carbocycles. The van der Waals surface area contributed by atoms with Crippen molar-refractivity contribution in [3.8, 4) is 34.4 Å². The van der Waals surface area contributed by atoms with Crippen LogP contribution in [-0.4, -0.2) is 41.8 Å². The summed E-state index contributed by atoms with van der Waals surface area (Å²) in [5, 5.41) is 12.9. The first-order chi connectivity index (χ1) is 20.9. The molecule has 0 saturated carbocycles. The van der Waals surface area contributed by atoms with Crippen molar-refractivity contribution in [1.82, 2.24) is 29.8 Å². The van der Waals surface area contributed by atoms with Gasteiger partial charge in [-0.05, 0) is 85.0 Å². The molecule has 212 valence electrons. The lowest BCUT2D eigenvalue weighted by atomic mass is 10.1. The molecule has 43 heavy (non-hydrogen) atoms. The molecule has 1 aliphatic rings. The Morgan fingerprint density at radius 1 is 1.12 bits per heavy atom. The van der Waals surface area contributed by atoms with Crippen LogP contribution in [0.1, 0.15) is 49.9 Å². The van der Waals surface area contributed by atoms with Crippen molar-refractivity contribution in [3.63, 3.8) is 0 Å². The van der Waals surface area contributed by atoms with Gasteiger partial charge in [0.15, 0.2) is 17.8 Å². The number of phenolic OH excluding ortho intramolecular Hbond substituents is 1. The van der Waals surface area contributed by atoms with Gasteiger partial charge in [-0.15, -0.1) is 0 Å². The van der Waals surface area contributed by atoms with E-state index >= 15 is 0 Å². The number of carbonyl (C=O) groups is 2. The van der Waals surface area contributed by atoms with Gasteiger partial charge in [-0.3, -0.25) is 14.2 Å². The fourth-order valence-corrected chi connectivity index (χ4v) is 5.62. The van der Waals surface area contributed by atoms with Crippen LogP contribution in [0.3, 0.4) is 0 Å². The molecule has 0 aliphatic heterocycles. The molecule has 6 aromatic rings. The standard InChI is InChI=1S/C32H25N7O4/c1-17-13-25(32-35-11-12-43-32)36-30-27(17)38-29(23-3-2-10-34-28(23)33)39(30)21-6-7-22-18(15-21)4-8-24(22)37-31(42)19-5-9-26(41)20(14-19)16-40/h2-3,5-7,9-16,24,41H,4,8H2,1H3,(H2,33,34)(H,37,42)/t24-/m0/s1. The van der Waals surface area contributed by atoms with Crippen LogP contribution in [0.5, 0.6) is 5.75 Å². The van der Waals surface area contributed by atoms with Crippen LogP contribution in [0.15, 0.2) is 77.7 Å². The number of phenols is 1. The Labute approximate surface area is 245 Å². The van der Waals surface area contributed by atoms with Gasteiger partial charge >= 0.3 is 0 Å². The number of nitrogens with two attached hydrogens (primary N) is 1. The smallest absolute Gasteiger partial charge is 0.251 e. The fraction of sp³-hybridized carbons (Fsp3) is 0.125. The second-order valence-electron chi connectivity index (χ2n) is 10.4. The number of nitrogens with one attached hydrogen (secondary N) is 1. The lowest BCUT2D eigenvalue weighted by Gasteiger charge is -2.16. The van der Waals surface area contributed by atoms with Crippen LogP contribution in [0.2, 0.25) is 0 Å². The molecule has 11 heteroatoms. The Hall–Kier alpha value is -5.84. The first-order valence-corrected chi connectivity index (χ1v) is 13.6. The van der Waals surface area contributed by atoms with Crippen molar-refractivity contribution in [1.29, 1.82) is 0 Å². The predicted molar refractivity (Wildman–Crippen MR) is 159 cm³/mol. The second-order valence-corrected chi connectivity index (χ2v) is 10.4. The van der Waals surface area contributed by atoms with Gasteiger partial charge in [0.2, 0.25) is 5.89 Å². The zero-order valence-corrected chi connectivity index (χ0v) is 23.0. The summed E-state index contributed by atoms with van der Waals surface area (Å²) in [6.45, 7) is 1.96. The van der Waals surface area contributed by atoms with E-state index in [0.717, 1.165) is 28.8 Å². The Balaban J connectivity index is 1.31. The summed E-state index contributed by atoms with van der Waals surface area (Å²) in [6.07, 6.45) is 6.70. The number of oxazole rings is 1. The van der Waals surface area contributed by atoms with E-state index in [1.807, 2.05) is 41.8 Å². The Morgan fingerprint density at radius 2 is 2.00 bits per heavy atom. The Bertz CT molecular complexity index is 2050. The molecule has 0 radical (unpaired) electrons. The number of aromatic nitrogens is 5. The summed E-state index contributed by atoms with van der Waals surface area (Å²) >= 11 is 0. The largest absolute Gasteiger partial charge is 0.507 e. The number of aromatic hydroxyl groups is 1. The number of aryl methyl sites for hydroxylation is 2. The van der Waals surface area contributed by atoms with E-state index in [2.05, 4.69) is 21.4 Å². The molecule has 4 N–H and O–H groups in total. The fourth-order valence-electron chi connectivity index (χ4n) is 5.62. The highest BCUT2D eigenvalue weighted by Gasteiger charge is 2.27. The molecule has 7 rings (SSSR count). The molecule has 1 atom stereocenters. The summed E-state index contributed by atoms with van der Waals surface area (Å²) in [5.41, 5.74) is 13.1. The summed E-state index contributed by atoms with van der Waals surface area (Å²) in [5.74, 6) is 0.865. The van der Waals surface area contributed by atoms with Crippen molar-refractivity contribution < 1.29 is 19.1 Å². The number of hydrogen-bond acceptors (Lipinski definition) is 9. The highest BCUT2D eigenvalue weighted by atomic mass is 16.3. The minimum atomic E-state index is -0.321. The minimum absolute atomic E-state index is 0.0663. The number of amides is 1. The maximum atomic E-state index is 13.0. The van der Waals surface area contributed by atoms with Crippen LogP contribution in [0, 0.1) is 6.92 Å². The van der Waals surface area contributed by atoms with E-state index in [0.29, 0.717) is 58.2 Å². The van der Waals surface area contributed by atoms with Crippen LogP contribution >= 0.6 is 0 Å². The highest BCUT2D eigenvalue weighted by molar-refractivity contribution is 5.97. The van der Waals surface area contributed by atoms with Crippen LogP contribution in [0.25, 0.3) is 39.8 Å². The summed E-state index contributed by atoms with van der Waals surface area (Å²) in [7, 11) is 0. The van der Waals surface area contributed by atoms with Crippen molar-refractivity contribution >= 4 is 29.2 Å². The molecular formula is C32H25N7O4. The third-order valence-electron chi connectivity index (χ3n) is 7.72. The molecule has 4 heterocycles. The van der Waals surface area contributed by atoms with Crippen LogP contribution in [0.4, 0.5) is 5.82 Å². The molecule has 2 aromatic carbocycles. The molecule has 4 aromatic heterocycles. The third-order valence-corrected chi connectivity index (χ3v) is 7.72. The van der Waals surface area contributed by atoms with E-state index in [1.165, 1.54) is 24.5 Å². The number of rotatable bonds is 6. The van der Waals surface area contributed by atoms with Crippen molar-refractivity contribution in [3.05, 3.63) is 101 Å². The number of nitrogen functional groups attached to an aromatic ring is 1. The lowest BCUT2D eigenvalue weighted by molar-refractivity contribution is 0.0936. The third kappa shape index (κ3) is 4.47. The quantitative estimate of drug-likeness (QED) is 0.234. The molecule has 0 fully saturated rings. The number of aldehydes is 1. The zero-order chi connectivity index (χ0) is 29.7. The van der Waals surface area contributed by atoms with E-state index < -0.39 is 0 Å². The van der Waals surface area contributed by atoms with E-state index in [-0.39, 0.29) is 23.3 Å². The first-order valence-electron chi connectivity index (χ1n) is 13.6. The van der Waals surface area contributed by atoms with Gasteiger partial charge in [-0.25, -0.2) is 19.9 Å². The maximum absolute atomic E-state index is 13.0. The zero-order valence-electron chi connectivity index (χ0n) is 23.0. The number of anilines is 1. The molecule has 1 amide bonds. The monoisotopic (exact) mass is 571 g/mol. The number of carbonyl (C=O) groups excluding carboxylic acids is 2. The number of imidazole rings is 1. The van der Waals surface area contributed by atoms with E-state index in [9.17, 15) is 14.7 Å². The number of hydrogen-bond donors (Lipinski definition) is 3. The van der Waals surface area contributed by atoms with Crippen molar-refractivity contribution in [2.24, 2.45) is 0 Å². The van der Waals surface area contributed by atoms with Gasteiger partial charge in [0.1, 0.15) is 29.0 Å². The van der Waals surface area contributed by atoms with Crippen LogP contribution < -0.4 is 11.1 Å². The minimum Gasteiger partial charge on any atom is -0.507 e. The topological polar surface area (TPSA) is 162 Å². The predicted octanol–water partition coefficient (Wildman–Crippen LogP) is 4.96. The molecule has 11 nitrogen and oxygen atoms in total. The van der Waals surface area contributed by atoms with Gasteiger partial charge in [-0.1, -0.05) is 6.07 Å². The highest BCUT2D eigenvalue weighted by Crippen LogP contribution is 2.37. The first kappa shape index (κ1) is 26.1. The number of fused-ring (bicyclic) bond motifs is 2. The number of pyridine rings is 2. The van der Waals surface area contributed by atoms with Gasteiger partial charge in [0, 0.05) is 17.4 Å². The average Bonchev–Trinajstić information content (AvgIpc) is 3.77. The summed E-state index contributed by atoms with van der Waals surface area (Å²) in [4.78, 5) is 42.7. The van der Waals surface area contributed by atoms with Gasteiger partial charge < -0.3 is 20.6 Å². The van der Waals surface area contributed by atoms with E-state index in [4.69, 9.17) is 20.1 Å². The van der Waals surface area contributed by atoms with Crippen molar-refractivity contribution in [2.75, 3.05) is 5.73 Å². The molecule has 0 bridgehead atoms. The normalized spacial score (nSPS) is 14.1. The molecular weight excluding hydrogens is 546 g/mol. The summed E-state index contributed by atoms with van der Waals surface area (Å²) < 4.78 is 7.50. The molecule has 0 spiro atoms. The second kappa shape index (κ2) is 10.2. The van der Waals surface area contributed by atoms with Crippen molar-refractivity contribution in [2.45, 2.75) is 25.8 Å². The average molecular weight is 572 g/mol. The van der Waals surface area contributed by atoms with Gasteiger partial charge in [-0.2, -0.15) is 0 Å². The number of benzene rings is 2. The van der Waals surface area contributed by atoms with Gasteiger partial charge in [0.05, 0.1) is 23.4 Å². The molecule has 0 saturated heterocycles. The SMILES string of the molecule is Cc1cc(-c2ncco2)nc2c1nc(-c1cccnc1N)n2-c1ccc2c(c1)CC[C@@H]2NC(=O)c1ccc(O)c(C=O)c1.